The second-order valence-corrected chi connectivity index (χ2v) is 28.0. The second kappa shape index (κ2) is 13.1. The van der Waals surface area contributed by atoms with Crippen LogP contribution >= 0.6 is 0 Å². The highest BCUT2D eigenvalue weighted by atomic mass is 28.4. The Morgan fingerprint density at radius 2 is 1.12 bits per heavy atom. The summed E-state index contributed by atoms with van der Waals surface area (Å²) in [6.07, 6.45) is 9.05. The van der Waals surface area contributed by atoms with E-state index in [0.29, 0.717) is 25.7 Å². The molecule has 0 amide bonds. The number of rotatable bonds is 17. The molecule has 0 saturated carbocycles. The fourth-order valence-corrected chi connectivity index (χ4v) is 20.8. The molecule has 1 atom stereocenters. The van der Waals surface area contributed by atoms with E-state index in [1.54, 1.807) is 15.6 Å². The van der Waals surface area contributed by atoms with Crippen molar-refractivity contribution in [1.29, 1.82) is 0 Å². The van der Waals surface area contributed by atoms with Crippen molar-refractivity contribution in [1.82, 2.24) is 0 Å². The number of hydrogen-bond acceptors (Lipinski definition) is 3. The largest absolute Gasteiger partial charge is 0.501 e. The van der Waals surface area contributed by atoms with Crippen molar-refractivity contribution >= 4 is 33.0 Å². The van der Waals surface area contributed by atoms with Gasteiger partial charge in [-0.2, -0.15) is 0 Å². The van der Waals surface area contributed by atoms with Crippen molar-refractivity contribution in [2.45, 2.75) is 84.2 Å². The van der Waals surface area contributed by atoms with E-state index in [0.717, 1.165) is 24.2 Å². The first-order chi connectivity index (χ1) is 15.8. The fourth-order valence-electron chi connectivity index (χ4n) is 5.63. The van der Waals surface area contributed by atoms with E-state index in [1.165, 1.54) is 0 Å². The van der Waals surface area contributed by atoms with Crippen LogP contribution in [0.1, 0.15) is 20.8 Å². The minimum absolute atomic E-state index is 0.316. The molecule has 0 aliphatic heterocycles. The van der Waals surface area contributed by atoms with Gasteiger partial charge in [0, 0.05) is 25.9 Å². The van der Waals surface area contributed by atoms with E-state index >= 15 is 0 Å². The smallest absolute Gasteiger partial charge is 0.374 e. The molecule has 0 aromatic heterocycles. The molecular weight excluding hydrogens is 485 g/mol. The van der Waals surface area contributed by atoms with Crippen molar-refractivity contribution in [3.63, 3.8) is 0 Å². The minimum atomic E-state index is -2.81. The molecule has 34 heavy (non-hydrogen) atoms. The molecule has 0 bridgehead atoms. The van der Waals surface area contributed by atoms with Crippen LogP contribution in [-0.4, -0.2) is 52.8 Å². The Morgan fingerprint density at radius 1 is 0.706 bits per heavy atom. The topological polar surface area (TPSA) is 27.7 Å². The Balaban J connectivity index is 3.93. The Hall–Kier alpha value is -0.552. The van der Waals surface area contributed by atoms with Crippen LogP contribution in [0.15, 0.2) is 59.6 Å². The summed E-state index contributed by atoms with van der Waals surface area (Å²) in [6, 6.07) is 4.10. The maximum Gasteiger partial charge on any atom is 0.501 e. The van der Waals surface area contributed by atoms with E-state index in [9.17, 15) is 0 Å². The molecule has 0 aromatic carbocycles. The maximum absolute atomic E-state index is 6.36. The lowest BCUT2D eigenvalue weighted by Gasteiger charge is -2.38. The Morgan fingerprint density at radius 3 is 1.53 bits per heavy atom. The average molecular weight is 537 g/mol. The lowest BCUT2D eigenvalue weighted by atomic mass is 10.2. The van der Waals surface area contributed by atoms with E-state index in [2.05, 4.69) is 104 Å². The molecular formula is C27H52O3Si4. The molecule has 1 unspecified atom stereocenters. The SMILES string of the molecule is C=CC[Si](C)(C)C1=CC(C[Si](OCC)(OCC)OCC)C([Si](C)(C)CC=C)=C1[Si](C)(C)CC=C. The summed E-state index contributed by atoms with van der Waals surface area (Å²) < 4.78 is 19.1. The second-order valence-electron chi connectivity index (χ2n) is 11.3. The summed E-state index contributed by atoms with van der Waals surface area (Å²) in [5.74, 6) is 0.316. The van der Waals surface area contributed by atoms with Crippen molar-refractivity contribution < 1.29 is 13.3 Å². The molecule has 7 heteroatoms. The molecule has 1 rings (SSSR count). The molecule has 0 spiro atoms. The molecule has 1 aliphatic carbocycles. The Labute approximate surface area is 215 Å². The van der Waals surface area contributed by atoms with Gasteiger partial charge in [0.15, 0.2) is 0 Å². The normalized spacial score (nSPS) is 17.7. The third kappa shape index (κ3) is 7.48. The zero-order valence-electron chi connectivity index (χ0n) is 23.7. The maximum atomic E-state index is 6.36. The lowest BCUT2D eigenvalue weighted by Crippen LogP contribution is -2.48. The van der Waals surface area contributed by atoms with Crippen molar-refractivity contribution in [2.24, 2.45) is 5.92 Å². The van der Waals surface area contributed by atoms with E-state index in [4.69, 9.17) is 13.3 Å². The van der Waals surface area contributed by atoms with Gasteiger partial charge in [0.1, 0.15) is 0 Å². The molecule has 194 valence electrons. The summed E-state index contributed by atoms with van der Waals surface area (Å²) in [6.45, 7) is 35.6. The highest BCUT2D eigenvalue weighted by molar-refractivity contribution is 6.96. The van der Waals surface area contributed by atoms with Gasteiger partial charge in [-0.05, 0) is 44.8 Å². The van der Waals surface area contributed by atoms with Gasteiger partial charge in [-0.15, -0.1) is 19.7 Å². The van der Waals surface area contributed by atoms with E-state index in [-0.39, 0.29) is 0 Å². The first-order valence-electron chi connectivity index (χ1n) is 13.0. The third-order valence-corrected chi connectivity index (χ3v) is 20.3. The van der Waals surface area contributed by atoms with Crippen molar-refractivity contribution in [3.8, 4) is 0 Å². The van der Waals surface area contributed by atoms with Gasteiger partial charge in [-0.3, -0.25) is 0 Å². The molecule has 0 saturated heterocycles. The van der Waals surface area contributed by atoms with E-state index in [1.807, 2.05) is 0 Å². The highest BCUT2D eigenvalue weighted by Gasteiger charge is 2.50. The lowest BCUT2D eigenvalue weighted by molar-refractivity contribution is 0.0697. The Bertz CT molecular complexity index is 764. The first kappa shape index (κ1) is 31.5. The van der Waals surface area contributed by atoms with Crippen LogP contribution in [0.2, 0.25) is 63.5 Å². The van der Waals surface area contributed by atoms with Crippen molar-refractivity contribution in [3.05, 3.63) is 59.6 Å². The minimum Gasteiger partial charge on any atom is -0.374 e. The molecule has 1 aliphatic rings. The summed E-state index contributed by atoms with van der Waals surface area (Å²) in [5.41, 5.74) is 0. The predicted molar refractivity (Wildman–Crippen MR) is 161 cm³/mol. The van der Waals surface area contributed by atoms with Crippen LogP contribution in [-0.2, 0) is 13.3 Å². The molecule has 0 N–H and O–H groups in total. The quantitative estimate of drug-likeness (QED) is 0.138. The van der Waals surface area contributed by atoms with Gasteiger partial charge < -0.3 is 13.3 Å². The Kier molecular flexibility index (Phi) is 12.2. The summed E-state index contributed by atoms with van der Waals surface area (Å²) in [4.78, 5) is 0. The van der Waals surface area contributed by atoms with Gasteiger partial charge in [0.2, 0.25) is 0 Å². The zero-order valence-corrected chi connectivity index (χ0v) is 27.7. The summed E-state index contributed by atoms with van der Waals surface area (Å²) in [5, 5.41) is 5.09. The van der Waals surface area contributed by atoms with Gasteiger partial charge >= 0.3 is 8.80 Å². The van der Waals surface area contributed by atoms with Gasteiger partial charge in [0.25, 0.3) is 0 Å². The first-order valence-corrected chi connectivity index (χ1v) is 24.6. The van der Waals surface area contributed by atoms with Gasteiger partial charge in [0.05, 0.1) is 24.2 Å². The van der Waals surface area contributed by atoms with Crippen LogP contribution in [0.3, 0.4) is 0 Å². The summed E-state index contributed by atoms with van der Waals surface area (Å²) in [7, 11) is -8.07. The monoisotopic (exact) mass is 536 g/mol. The standard InChI is InChI=1S/C27H52O3Si4/c1-13-19-31(7,8)25-22-24(23-34(28-16-4,29-17-5)30-18-6)26(32(9,10)20-14-2)27(25)33(11,12)21-15-3/h13-15,22,24H,1-3,16-21,23H2,4-12H3. The van der Waals surface area contributed by atoms with Gasteiger partial charge in [-0.25, -0.2) is 0 Å². The molecule has 0 aromatic rings. The number of allylic oxidation sites excluding steroid dienone is 7. The molecule has 3 nitrogen and oxygen atoms in total. The van der Waals surface area contributed by atoms with Crippen LogP contribution in [0.5, 0.6) is 0 Å². The van der Waals surface area contributed by atoms with Crippen LogP contribution < -0.4 is 0 Å². The van der Waals surface area contributed by atoms with Gasteiger partial charge in [-0.1, -0.05) is 79.2 Å². The molecule has 0 fully saturated rings. The highest BCUT2D eigenvalue weighted by Crippen LogP contribution is 2.49. The van der Waals surface area contributed by atoms with Crippen LogP contribution in [0.25, 0.3) is 0 Å². The molecule has 0 radical (unpaired) electrons. The van der Waals surface area contributed by atoms with Crippen molar-refractivity contribution in [2.75, 3.05) is 19.8 Å². The van der Waals surface area contributed by atoms with Crippen LogP contribution in [0, 0.1) is 5.92 Å². The summed E-state index contributed by atoms with van der Waals surface area (Å²) >= 11 is 0. The fraction of sp³-hybridized carbons (Fsp3) is 0.630. The van der Waals surface area contributed by atoms with Crippen LogP contribution in [0.4, 0.5) is 0 Å². The number of hydrogen-bond donors (Lipinski definition) is 0. The predicted octanol–water partition coefficient (Wildman–Crippen LogP) is 8.19. The third-order valence-electron chi connectivity index (χ3n) is 6.94. The zero-order chi connectivity index (χ0) is 26.2. The van der Waals surface area contributed by atoms with E-state index < -0.39 is 33.0 Å². The molecule has 0 heterocycles. The average Bonchev–Trinajstić information content (AvgIpc) is 3.10.